The van der Waals surface area contributed by atoms with Crippen molar-refractivity contribution in [2.24, 2.45) is 7.05 Å². The van der Waals surface area contributed by atoms with Crippen LogP contribution in [-0.4, -0.2) is 29.3 Å². The molecule has 3 heterocycles. The van der Waals surface area contributed by atoms with Crippen LogP contribution in [0.4, 0.5) is 0 Å². The van der Waals surface area contributed by atoms with Gasteiger partial charge in [-0.15, -0.1) is 0 Å². The molecular weight excluding hydrogens is 340 g/mol. The van der Waals surface area contributed by atoms with E-state index in [-0.39, 0.29) is 5.56 Å². The van der Waals surface area contributed by atoms with E-state index in [0.717, 1.165) is 41.3 Å². The zero-order valence-corrected chi connectivity index (χ0v) is 15.1. The van der Waals surface area contributed by atoms with Crippen molar-refractivity contribution >= 4 is 10.9 Å². The Labute approximate surface area is 155 Å². The number of aromatic nitrogens is 6. The summed E-state index contributed by atoms with van der Waals surface area (Å²) in [7, 11) is 1.70. The third-order valence-corrected chi connectivity index (χ3v) is 4.96. The number of benzene rings is 1. The maximum absolute atomic E-state index is 12.3. The normalized spacial score (nSPS) is 14.0. The van der Waals surface area contributed by atoms with E-state index in [2.05, 4.69) is 9.97 Å². The molecule has 0 aliphatic heterocycles. The van der Waals surface area contributed by atoms with Crippen LogP contribution in [0.1, 0.15) is 30.1 Å². The van der Waals surface area contributed by atoms with Gasteiger partial charge in [0.25, 0.3) is 5.56 Å². The summed E-state index contributed by atoms with van der Waals surface area (Å²) in [5, 5.41) is 5.38. The molecule has 0 unspecified atom stereocenters. The Morgan fingerprint density at radius 1 is 1.19 bits per heavy atom. The summed E-state index contributed by atoms with van der Waals surface area (Å²) in [6, 6.07) is 7.58. The highest BCUT2D eigenvalue weighted by atomic mass is 16.1. The predicted octanol–water partition coefficient (Wildman–Crippen LogP) is 2.76. The van der Waals surface area contributed by atoms with E-state index < -0.39 is 0 Å². The highest BCUT2D eigenvalue weighted by Gasteiger charge is 2.29. The van der Waals surface area contributed by atoms with Gasteiger partial charge in [-0.3, -0.25) is 9.78 Å². The Kier molecular flexibility index (Phi) is 3.43. The minimum absolute atomic E-state index is 0.0586. The molecule has 4 aromatic rings. The largest absolute Gasteiger partial charge is 0.302 e. The van der Waals surface area contributed by atoms with Gasteiger partial charge in [-0.05, 0) is 43.5 Å². The lowest BCUT2D eigenvalue weighted by Crippen LogP contribution is -2.16. The Morgan fingerprint density at radius 3 is 2.81 bits per heavy atom. The van der Waals surface area contributed by atoms with E-state index in [1.54, 1.807) is 19.6 Å². The summed E-state index contributed by atoms with van der Waals surface area (Å²) in [5.74, 6) is 2.08. The van der Waals surface area contributed by atoms with Crippen LogP contribution < -0.4 is 5.56 Å². The van der Waals surface area contributed by atoms with E-state index in [0.29, 0.717) is 16.8 Å². The smallest absolute Gasteiger partial charge is 0.260 e. The lowest BCUT2D eigenvalue weighted by atomic mass is 10.1. The quantitative estimate of drug-likeness (QED) is 0.563. The molecule has 0 N–H and O–H groups in total. The van der Waals surface area contributed by atoms with Crippen LogP contribution in [0.3, 0.4) is 0 Å². The van der Waals surface area contributed by atoms with Crippen molar-refractivity contribution in [3.63, 3.8) is 0 Å². The zero-order valence-electron chi connectivity index (χ0n) is 15.1. The standard InChI is InChI=1S/C20H18N6O/c1-12-10-21-8-7-17(12)26-19(23-18(24-26)13-3-4-13)14-5-6-15-16(9-14)22-11-25(2)20(15)27/h5-11,13H,3-4H2,1-2H3. The molecule has 0 saturated heterocycles. The van der Waals surface area contributed by atoms with Crippen LogP contribution in [0, 0.1) is 6.92 Å². The zero-order chi connectivity index (χ0) is 18.5. The summed E-state index contributed by atoms with van der Waals surface area (Å²) >= 11 is 0. The molecular formula is C20H18N6O. The molecule has 7 heteroatoms. The number of rotatable bonds is 3. The average molecular weight is 358 g/mol. The van der Waals surface area contributed by atoms with Gasteiger partial charge in [0, 0.05) is 30.9 Å². The second-order valence-corrected chi connectivity index (χ2v) is 7.03. The number of nitrogens with zero attached hydrogens (tertiary/aromatic N) is 6. The molecule has 7 nitrogen and oxygen atoms in total. The van der Waals surface area contributed by atoms with Crippen LogP contribution in [0.2, 0.25) is 0 Å². The number of hydrogen-bond acceptors (Lipinski definition) is 5. The monoisotopic (exact) mass is 358 g/mol. The molecule has 3 aromatic heterocycles. The van der Waals surface area contributed by atoms with Crippen LogP contribution in [0.5, 0.6) is 0 Å². The molecule has 134 valence electrons. The van der Waals surface area contributed by atoms with E-state index in [1.807, 2.05) is 42.1 Å². The molecule has 0 amide bonds. The fourth-order valence-corrected chi connectivity index (χ4v) is 3.25. The first-order valence-corrected chi connectivity index (χ1v) is 8.95. The first kappa shape index (κ1) is 15.9. The minimum Gasteiger partial charge on any atom is -0.302 e. The van der Waals surface area contributed by atoms with Gasteiger partial charge >= 0.3 is 0 Å². The summed E-state index contributed by atoms with van der Waals surface area (Å²) < 4.78 is 3.36. The van der Waals surface area contributed by atoms with Gasteiger partial charge < -0.3 is 4.57 Å². The Bertz CT molecular complexity index is 1230. The summed E-state index contributed by atoms with van der Waals surface area (Å²) in [6.45, 7) is 2.01. The van der Waals surface area contributed by atoms with Crippen molar-refractivity contribution in [1.29, 1.82) is 0 Å². The van der Waals surface area contributed by atoms with E-state index in [1.165, 1.54) is 4.57 Å². The van der Waals surface area contributed by atoms with Crippen LogP contribution in [0.25, 0.3) is 28.0 Å². The van der Waals surface area contributed by atoms with Gasteiger partial charge in [0.1, 0.15) is 0 Å². The molecule has 0 atom stereocenters. The van der Waals surface area contributed by atoms with Crippen molar-refractivity contribution in [3.8, 4) is 17.1 Å². The fourth-order valence-electron chi connectivity index (χ4n) is 3.25. The summed E-state index contributed by atoms with van der Waals surface area (Å²) in [6.07, 6.45) is 7.39. The van der Waals surface area contributed by atoms with Crippen molar-refractivity contribution in [1.82, 2.24) is 29.3 Å². The molecule has 1 aliphatic rings. The number of aryl methyl sites for hydroxylation is 2. The SMILES string of the molecule is Cc1cnccc1-n1nc(C2CC2)nc1-c1ccc2c(=O)n(C)cnc2c1. The van der Waals surface area contributed by atoms with Crippen molar-refractivity contribution < 1.29 is 0 Å². The Hall–Kier alpha value is -3.35. The van der Waals surface area contributed by atoms with Crippen molar-refractivity contribution in [2.45, 2.75) is 25.7 Å². The molecule has 5 rings (SSSR count). The average Bonchev–Trinajstić information content (AvgIpc) is 3.44. The number of hydrogen-bond donors (Lipinski definition) is 0. The Balaban J connectivity index is 1.73. The first-order chi connectivity index (χ1) is 13.1. The summed E-state index contributed by atoms with van der Waals surface area (Å²) in [4.78, 5) is 25.7. The van der Waals surface area contributed by atoms with Crippen LogP contribution in [0.15, 0.2) is 47.8 Å². The van der Waals surface area contributed by atoms with Gasteiger partial charge in [-0.25, -0.2) is 14.6 Å². The molecule has 1 aromatic carbocycles. The fraction of sp³-hybridized carbons (Fsp3) is 0.250. The minimum atomic E-state index is -0.0586. The van der Waals surface area contributed by atoms with Crippen molar-refractivity contribution in [2.75, 3.05) is 0 Å². The second kappa shape index (κ2) is 5.84. The van der Waals surface area contributed by atoms with Gasteiger partial charge in [-0.1, -0.05) is 6.07 Å². The molecule has 0 radical (unpaired) electrons. The van der Waals surface area contributed by atoms with Crippen LogP contribution >= 0.6 is 0 Å². The van der Waals surface area contributed by atoms with E-state index in [9.17, 15) is 4.79 Å². The van der Waals surface area contributed by atoms with Gasteiger partial charge in [-0.2, -0.15) is 5.10 Å². The van der Waals surface area contributed by atoms with Gasteiger partial charge in [0.15, 0.2) is 11.6 Å². The maximum atomic E-state index is 12.3. The highest BCUT2D eigenvalue weighted by molar-refractivity contribution is 5.82. The molecule has 0 bridgehead atoms. The van der Waals surface area contributed by atoms with Gasteiger partial charge in [0.2, 0.25) is 0 Å². The van der Waals surface area contributed by atoms with Crippen LogP contribution in [-0.2, 0) is 7.05 Å². The first-order valence-electron chi connectivity index (χ1n) is 8.95. The van der Waals surface area contributed by atoms with Crippen molar-refractivity contribution in [3.05, 3.63) is 64.7 Å². The molecule has 1 fully saturated rings. The molecule has 0 spiro atoms. The molecule has 27 heavy (non-hydrogen) atoms. The molecule has 1 aliphatic carbocycles. The topological polar surface area (TPSA) is 78.5 Å². The predicted molar refractivity (Wildman–Crippen MR) is 102 cm³/mol. The molecule has 1 saturated carbocycles. The maximum Gasteiger partial charge on any atom is 0.260 e. The third-order valence-electron chi connectivity index (χ3n) is 4.96. The highest BCUT2D eigenvalue weighted by Crippen LogP contribution is 2.39. The summed E-state index contributed by atoms with van der Waals surface area (Å²) in [5.41, 5.74) is 3.47. The third kappa shape index (κ3) is 2.63. The van der Waals surface area contributed by atoms with E-state index >= 15 is 0 Å². The van der Waals surface area contributed by atoms with E-state index in [4.69, 9.17) is 10.1 Å². The lowest BCUT2D eigenvalue weighted by Gasteiger charge is -2.09. The second-order valence-electron chi connectivity index (χ2n) is 7.03. The Morgan fingerprint density at radius 2 is 2.04 bits per heavy atom. The lowest BCUT2D eigenvalue weighted by molar-refractivity contribution is 0.831. The van der Waals surface area contributed by atoms with Gasteiger partial charge in [0.05, 0.1) is 22.9 Å². The number of fused-ring (bicyclic) bond motifs is 1. The number of pyridine rings is 1.